The molecule has 0 aliphatic heterocycles. The van der Waals surface area contributed by atoms with Crippen molar-refractivity contribution in [1.29, 1.82) is 0 Å². The average Bonchev–Trinajstić information content (AvgIpc) is 2.30. The third-order valence-electron chi connectivity index (χ3n) is 2.43. The van der Waals surface area contributed by atoms with E-state index in [1.54, 1.807) is 21.0 Å². The number of carbonyl (C=O) groups is 2. The summed E-state index contributed by atoms with van der Waals surface area (Å²) in [5.74, 6) is -1.17. The average molecular weight is 253 g/mol. The van der Waals surface area contributed by atoms with Gasteiger partial charge in [0.1, 0.15) is 0 Å². The van der Waals surface area contributed by atoms with Crippen LogP contribution in [0.25, 0.3) is 0 Å². The molecule has 1 atom stereocenters. The van der Waals surface area contributed by atoms with Crippen molar-refractivity contribution in [2.45, 2.75) is 20.0 Å². The lowest BCUT2D eigenvalue weighted by atomic mass is 10.1. The Morgan fingerprint density at radius 1 is 1.33 bits per heavy atom. The van der Waals surface area contributed by atoms with Gasteiger partial charge in [0.25, 0.3) is 5.91 Å². The molecule has 0 N–H and O–H groups in total. The molecule has 1 unspecified atom stereocenters. The van der Waals surface area contributed by atoms with Gasteiger partial charge in [-0.1, -0.05) is 0 Å². The summed E-state index contributed by atoms with van der Waals surface area (Å²) in [5.41, 5.74) is 0.270. The highest BCUT2D eigenvalue weighted by molar-refractivity contribution is 5.94. The molecule has 0 aliphatic rings. The summed E-state index contributed by atoms with van der Waals surface area (Å²) in [6.45, 7) is 2.90. The Hall–Kier alpha value is -1.91. The molecule has 18 heavy (non-hydrogen) atoms. The third-order valence-corrected chi connectivity index (χ3v) is 2.43. The molecule has 98 valence electrons. The van der Waals surface area contributed by atoms with Crippen molar-refractivity contribution in [3.05, 3.63) is 29.6 Å². The molecule has 0 fully saturated rings. The zero-order valence-corrected chi connectivity index (χ0v) is 10.9. The molecule has 0 heterocycles. The molecule has 0 saturated carbocycles. The summed E-state index contributed by atoms with van der Waals surface area (Å²) in [7, 11) is 3.19. The minimum absolute atomic E-state index is 0.0392. The van der Waals surface area contributed by atoms with E-state index in [9.17, 15) is 14.0 Å². The number of Topliss-reactive ketones (excluding diaryl/α,β-unsaturated/α-hetero) is 1. The monoisotopic (exact) mass is 253 g/mol. The Morgan fingerprint density at radius 3 is 2.39 bits per heavy atom. The molecule has 0 aliphatic carbocycles. The number of ether oxygens (including phenoxy) is 1. The number of rotatable bonds is 4. The minimum atomic E-state index is -0.780. The second kappa shape index (κ2) is 5.62. The Morgan fingerprint density at radius 2 is 1.94 bits per heavy atom. The summed E-state index contributed by atoms with van der Waals surface area (Å²) < 4.78 is 18.9. The van der Waals surface area contributed by atoms with Gasteiger partial charge in [0.05, 0.1) is 0 Å². The minimum Gasteiger partial charge on any atom is -0.478 e. The zero-order valence-electron chi connectivity index (χ0n) is 10.9. The SMILES string of the molecule is CC(=O)c1ccc(OC(C)C(=O)N(C)C)c(F)c1. The maximum atomic E-state index is 13.6. The smallest absolute Gasteiger partial charge is 0.262 e. The molecule has 1 aromatic carbocycles. The molecule has 0 aromatic heterocycles. The van der Waals surface area contributed by atoms with Gasteiger partial charge >= 0.3 is 0 Å². The van der Waals surface area contributed by atoms with Gasteiger partial charge in [-0.25, -0.2) is 4.39 Å². The van der Waals surface area contributed by atoms with Crippen LogP contribution in [0.15, 0.2) is 18.2 Å². The van der Waals surface area contributed by atoms with Crippen molar-refractivity contribution in [1.82, 2.24) is 4.90 Å². The van der Waals surface area contributed by atoms with Crippen LogP contribution < -0.4 is 4.74 Å². The maximum Gasteiger partial charge on any atom is 0.262 e. The van der Waals surface area contributed by atoms with Crippen LogP contribution in [0, 0.1) is 5.82 Å². The molecular weight excluding hydrogens is 237 g/mol. The van der Waals surface area contributed by atoms with Crippen molar-refractivity contribution in [3.63, 3.8) is 0 Å². The molecule has 5 heteroatoms. The van der Waals surface area contributed by atoms with Crippen molar-refractivity contribution < 1.29 is 18.7 Å². The summed E-state index contributed by atoms with van der Waals surface area (Å²) in [6, 6.07) is 3.92. The standard InChI is InChI=1S/C13H16FNO3/c1-8(16)10-5-6-12(11(14)7-10)18-9(2)13(17)15(3)4/h5-7,9H,1-4H3. The predicted molar refractivity (Wildman–Crippen MR) is 65.2 cm³/mol. The molecule has 0 radical (unpaired) electrons. The molecule has 0 saturated heterocycles. The fraction of sp³-hybridized carbons (Fsp3) is 0.385. The van der Waals surface area contributed by atoms with Crippen LogP contribution in [0.4, 0.5) is 4.39 Å². The van der Waals surface area contributed by atoms with E-state index in [1.165, 1.54) is 24.0 Å². The third kappa shape index (κ3) is 3.29. The highest BCUT2D eigenvalue weighted by Gasteiger charge is 2.18. The zero-order chi connectivity index (χ0) is 13.9. The first-order chi connectivity index (χ1) is 8.32. The fourth-order valence-corrected chi connectivity index (χ4v) is 1.42. The highest BCUT2D eigenvalue weighted by atomic mass is 19.1. The van der Waals surface area contributed by atoms with E-state index < -0.39 is 11.9 Å². The summed E-state index contributed by atoms with van der Waals surface area (Å²) in [5, 5.41) is 0. The first kappa shape index (κ1) is 14.2. The Bertz CT molecular complexity index is 471. The molecule has 1 rings (SSSR count). The van der Waals surface area contributed by atoms with E-state index in [2.05, 4.69) is 0 Å². The van der Waals surface area contributed by atoms with Crippen molar-refractivity contribution in [2.75, 3.05) is 14.1 Å². The van der Waals surface area contributed by atoms with Crippen LogP contribution in [0.5, 0.6) is 5.75 Å². The predicted octanol–water partition coefficient (Wildman–Crippen LogP) is 1.88. The van der Waals surface area contributed by atoms with Gasteiger partial charge in [0, 0.05) is 19.7 Å². The van der Waals surface area contributed by atoms with Crippen molar-refractivity contribution >= 4 is 11.7 Å². The van der Waals surface area contributed by atoms with Crippen molar-refractivity contribution in [2.24, 2.45) is 0 Å². The number of nitrogens with zero attached hydrogens (tertiary/aromatic N) is 1. The number of halogens is 1. The van der Waals surface area contributed by atoms with Crippen molar-refractivity contribution in [3.8, 4) is 5.75 Å². The van der Waals surface area contributed by atoms with Gasteiger partial charge in [0.15, 0.2) is 23.5 Å². The number of likely N-dealkylation sites (N-methyl/N-ethyl adjacent to an activating group) is 1. The van der Waals surface area contributed by atoms with Crippen LogP contribution in [-0.2, 0) is 4.79 Å². The van der Waals surface area contributed by atoms with E-state index in [-0.39, 0.29) is 23.0 Å². The second-order valence-electron chi connectivity index (χ2n) is 4.19. The number of hydrogen-bond donors (Lipinski definition) is 0. The fourth-order valence-electron chi connectivity index (χ4n) is 1.42. The van der Waals surface area contributed by atoms with Gasteiger partial charge < -0.3 is 9.64 Å². The lowest BCUT2D eigenvalue weighted by molar-refractivity contribution is -0.135. The van der Waals surface area contributed by atoms with Crippen LogP contribution in [-0.4, -0.2) is 36.8 Å². The Kier molecular flexibility index (Phi) is 4.42. The lowest BCUT2D eigenvalue weighted by Gasteiger charge is -2.18. The Balaban J connectivity index is 2.86. The molecule has 1 amide bonds. The molecule has 4 nitrogen and oxygen atoms in total. The number of hydrogen-bond acceptors (Lipinski definition) is 3. The van der Waals surface area contributed by atoms with Gasteiger partial charge in [-0.15, -0.1) is 0 Å². The van der Waals surface area contributed by atoms with E-state index in [0.29, 0.717) is 0 Å². The van der Waals surface area contributed by atoms with Crippen LogP contribution in [0.1, 0.15) is 24.2 Å². The van der Waals surface area contributed by atoms with E-state index >= 15 is 0 Å². The van der Waals surface area contributed by atoms with E-state index in [4.69, 9.17) is 4.74 Å². The maximum absolute atomic E-state index is 13.6. The number of amides is 1. The molecular formula is C13H16FNO3. The largest absolute Gasteiger partial charge is 0.478 e. The topological polar surface area (TPSA) is 46.6 Å². The number of carbonyl (C=O) groups excluding carboxylic acids is 2. The van der Waals surface area contributed by atoms with Crippen LogP contribution in [0.3, 0.4) is 0 Å². The van der Waals surface area contributed by atoms with Gasteiger partial charge in [-0.05, 0) is 32.0 Å². The van der Waals surface area contributed by atoms with Gasteiger partial charge in [-0.3, -0.25) is 9.59 Å². The molecule has 0 bridgehead atoms. The van der Waals surface area contributed by atoms with E-state index in [1.807, 2.05) is 0 Å². The number of benzene rings is 1. The summed E-state index contributed by atoms with van der Waals surface area (Å²) >= 11 is 0. The summed E-state index contributed by atoms with van der Waals surface area (Å²) in [4.78, 5) is 24.0. The van der Waals surface area contributed by atoms with Crippen LogP contribution in [0.2, 0.25) is 0 Å². The highest BCUT2D eigenvalue weighted by Crippen LogP contribution is 2.20. The quantitative estimate of drug-likeness (QED) is 0.770. The number of ketones is 1. The first-order valence-corrected chi connectivity index (χ1v) is 5.51. The van der Waals surface area contributed by atoms with E-state index in [0.717, 1.165) is 6.07 Å². The molecule has 1 aromatic rings. The van der Waals surface area contributed by atoms with Gasteiger partial charge in [0.2, 0.25) is 0 Å². The van der Waals surface area contributed by atoms with Crippen LogP contribution >= 0.6 is 0 Å². The normalized spacial score (nSPS) is 11.8. The Labute approximate surface area is 105 Å². The summed E-state index contributed by atoms with van der Waals surface area (Å²) in [6.07, 6.45) is -0.780. The lowest BCUT2D eigenvalue weighted by Crippen LogP contribution is -2.35. The van der Waals surface area contributed by atoms with Gasteiger partial charge in [-0.2, -0.15) is 0 Å². The first-order valence-electron chi connectivity index (χ1n) is 5.51. The second-order valence-corrected chi connectivity index (χ2v) is 4.19. The molecule has 0 spiro atoms.